The molecule has 2 heterocycles. The summed E-state index contributed by atoms with van der Waals surface area (Å²) in [6.07, 6.45) is 1.69. The maximum Gasteiger partial charge on any atom is 0.254 e. The first-order valence-corrected chi connectivity index (χ1v) is 11.1. The third-order valence-corrected chi connectivity index (χ3v) is 7.20. The van der Waals surface area contributed by atoms with Crippen LogP contribution in [0, 0.1) is 13.8 Å². The van der Waals surface area contributed by atoms with Crippen LogP contribution in [-0.2, 0) is 10.0 Å². The molecule has 1 saturated heterocycles. The summed E-state index contributed by atoms with van der Waals surface area (Å²) in [4.78, 5) is 23.3. The van der Waals surface area contributed by atoms with Gasteiger partial charge in [-0.1, -0.05) is 12.1 Å². The van der Waals surface area contributed by atoms with E-state index in [9.17, 15) is 13.2 Å². The Hall–Kier alpha value is -2.71. The maximum atomic E-state index is 13.3. The van der Waals surface area contributed by atoms with E-state index in [0.29, 0.717) is 17.7 Å². The van der Waals surface area contributed by atoms with Gasteiger partial charge in [0.25, 0.3) is 5.91 Å². The zero-order valence-electron chi connectivity index (χ0n) is 16.7. The zero-order valence-corrected chi connectivity index (χ0v) is 17.5. The van der Waals surface area contributed by atoms with Gasteiger partial charge in [0.15, 0.2) is 0 Å². The molecular weight excluding hydrogens is 388 g/mol. The number of imidazole rings is 1. The monoisotopic (exact) mass is 412 g/mol. The van der Waals surface area contributed by atoms with E-state index in [1.54, 1.807) is 17.9 Å². The van der Waals surface area contributed by atoms with Crippen LogP contribution in [0.15, 0.2) is 41.3 Å². The summed E-state index contributed by atoms with van der Waals surface area (Å²) in [5.74, 6) is 0.590. The summed E-state index contributed by atoms with van der Waals surface area (Å²) in [5, 5.41) is 0. The number of benzene rings is 2. The van der Waals surface area contributed by atoms with E-state index in [2.05, 4.69) is 14.7 Å². The number of aryl methyl sites for hydroxylation is 1. The molecule has 1 aromatic heterocycles. The lowest BCUT2D eigenvalue weighted by Crippen LogP contribution is -2.31. The van der Waals surface area contributed by atoms with Crippen LogP contribution in [0.25, 0.3) is 11.0 Å². The highest BCUT2D eigenvalue weighted by atomic mass is 32.2. The lowest BCUT2D eigenvalue weighted by molar-refractivity contribution is 0.0730. The van der Waals surface area contributed by atoms with Crippen LogP contribution in [0.2, 0.25) is 0 Å². The maximum absolute atomic E-state index is 13.3. The van der Waals surface area contributed by atoms with E-state index < -0.39 is 10.0 Å². The third kappa shape index (κ3) is 3.42. The first-order valence-electron chi connectivity index (χ1n) is 9.62. The van der Waals surface area contributed by atoms with E-state index in [4.69, 9.17) is 0 Å². The number of nitrogens with one attached hydrogen (secondary N) is 2. The highest BCUT2D eigenvalue weighted by Gasteiger charge is 2.33. The van der Waals surface area contributed by atoms with Gasteiger partial charge in [0.1, 0.15) is 5.82 Å². The Morgan fingerprint density at radius 2 is 2.00 bits per heavy atom. The van der Waals surface area contributed by atoms with E-state index >= 15 is 0 Å². The summed E-state index contributed by atoms with van der Waals surface area (Å²) >= 11 is 0. The Labute approximate surface area is 170 Å². The summed E-state index contributed by atoms with van der Waals surface area (Å²) in [6, 6.07) is 10.9. The molecule has 1 atom stereocenters. The van der Waals surface area contributed by atoms with Gasteiger partial charge in [-0.2, -0.15) is 0 Å². The molecule has 29 heavy (non-hydrogen) atoms. The number of carbonyl (C=O) groups is 1. The predicted molar refractivity (Wildman–Crippen MR) is 111 cm³/mol. The number of amides is 1. The van der Waals surface area contributed by atoms with Crippen molar-refractivity contribution in [1.82, 2.24) is 19.6 Å². The molecule has 1 unspecified atom stereocenters. The molecule has 152 valence electrons. The molecule has 7 nitrogen and oxygen atoms in total. The topological polar surface area (TPSA) is 95.2 Å². The molecule has 0 radical (unpaired) electrons. The fourth-order valence-electron chi connectivity index (χ4n) is 3.93. The minimum atomic E-state index is -3.65. The number of H-pyrrole nitrogens is 1. The number of hydrogen-bond donors (Lipinski definition) is 2. The summed E-state index contributed by atoms with van der Waals surface area (Å²) in [5.41, 5.74) is 3.60. The molecule has 1 amide bonds. The Bertz CT molecular complexity index is 1170. The second-order valence-electron chi connectivity index (χ2n) is 7.42. The van der Waals surface area contributed by atoms with Gasteiger partial charge in [-0.05, 0) is 69.1 Å². The molecule has 0 saturated carbocycles. The molecule has 1 aliphatic heterocycles. The average Bonchev–Trinajstić information content (AvgIpc) is 3.35. The number of sulfonamides is 1. The summed E-state index contributed by atoms with van der Waals surface area (Å²) in [6.45, 7) is 4.18. The van der Waals surface area contributed by atoms with Crippen molar-refractivity contribution >= 4 is 27.0 Å². The number of aromatic nitrogens is 2. The second-order valence-corrected chi connectivity index (χ2v) is 9.27. The van der Waals surface area contributed by atoms with Gasteiger partial charge < -0.3 is 9.88 Å². The van der Waals surface area contributed by atoms with Crippen LogP contribution in [0.5, 0.6) is 0 Å². The molecule has 8 heteroatoms. The SMILES string of the molecule is CNS(=O)(=O)c1cc(C(=O)N2CCCC2c2nc3ccccc3[nH]2)cc(C)c1C. The Morgan fingerprint density at radius 1 is 1.24 bits per heavy atom. The quantitative estimate of drug-likeness (QED) is 0.688. The molecule has 0 aliphatic carbocycles. The third-order valence-electron chi connectivity index (χ3n) is 5.66. The van der Waals surface area contributed by atoms with Crippen LogP contribution >= 0.6 is 0 Å². The molecular formula is C21H24N4O3S. The van der Waals surface area contributed by atoms with Crippen LogP contribution in [-0.4, -0.2) is 42.8 Å². The fourth-order valence-corrected chi connectivity index (χ4v) is 5.00. The molecule has 1 fully saturated rings. The molecule has 4 rings (SSSR count). The molecule has 2 aromatic carbocycles. The van der Waals surface area contributed by atoms with Crippen LogP contribution in [0.3, 0.4) is 0 Å². The standard InChI is InChI=1S/C21H24N4O3S/c1-13-11-15(12-19(14(13)2)29(27,28)22-3)21(26)25-10-6-9-18(25)20-23-16-7-4-5-8-17(16)24-20/h4-5,7-8,11-12,18,22H,6,9-10H2,1-3H3,(H,23,24). The second kappa shape index (κ2) is 7.27. The molecule has 3 aromatic rings. The number of carbonyl (C=O) groups excluding carboxylic acids is 1. The first kappa shape index (κ1) is 19.6. The highest BCUT2D eigenvalue weighted by molar-refractivity contribution is 7.89. The highest BCUT2D eigenvalue weighted by Crippen LogP contribution is 2.33. The van der Waals surface area contributed by atoms with E-state index in [-0.39, 0.29) is 16.8 Å². The van der Waals surface area contributed by atoms with E-state index in [0.717, 1.165) is 35.3 Å². The first-order chi connectivity index (χ1) is 13.8. The predicted octanol–water partition coefficient (Wildman–Crippen LogP) is 3.07. The van der Waals surface area contributed by atoms with Gasteiger partial charge in [-0.15, -0.1) is 0 Å². The van der Waals surface area contributed by atoms with Gasteiger partial charge in [-0.3, -0.25) is 4.79 Å². The average molecular weight is 413 g/mol. The summed E-state index contributed by atoms with van der Waals surface area (Å²) < 4.78 is 27.2. The number of fused-ring (bicyclic) bond motifs is 1. The van der Waals surface area contributed by atoms with Crippen molar-refractivity contribution in [1.29, 1.82) is 0 Å². The van der Waals surface area contributed by atoms with Gasteiger partial charge in [0, 0.05) is 12.1 Å². The smallest absolute Gasteiger partial charge is 0.254 e. The van der Waals surface area contributed by atoms with Crippen molar-refractivity contribution < 1.29 is 13.2 Å². The Morgan fingerprint density at radius 3 is 2.72 bits per heavy atom. The molecule has 0 bridgehead atoms. The van der Waals surface area contributed by atoms with Crippen molar-refractivity contribution in [3.63, 3.8) is 0 Å². The number of nitrogens with zero attached hydrogens (tertiary/aromatic N) is 2. The van der Waals surface area contributed by atoms with E-state index in [1.807, 2.05) is 31.2 Å². The largest absolute Gasteiger partial charge is 0.340 e. The number of para-hydroxylation sites is 2. The van der Waals surface area contributed by atoms with Crippen LogP contribution < -0.4 is 4.72 Å². The normalized spacial score (nSPS) is 17.2. The van der Waals surface area contributed by atoms with Gasteiger partial charge >= 0.3 is 0 Å². The van der Waals surface area contributed by atoms with Gasteiger partial charge in [-0.25, -0.2) is 18.1 Å². The number of likely N-dealkylation sites (tertiary alicyclic amines) is 1. The van der Waals surface area contributed by atoms with E-state index in [1.165, 1.54) is 13.1 Å². The lowest BCUT2D eigenvalue weighted by Gasteiger charge is -2.24. The van der Waals surface area contributed by atoms with Crippen molar-refractivity contribution in [3.05, 3.63) is 58.9 Å². The van der Waals surface area contributed by atoms with Gasteiger partial charge in [0.05, 0.1) is 22.0 Å². The molecule has 2 N–H and O–H groups in total. The van der Waals surface area contributed by atoms with Crippen molar-refractivity contribution in [2.75, 3.05) is 13.6 Å². The molecule has 1 aliphatic rings. The van der Waals surface area contributed by atoms with Crippen molar-refractivity contribution in [2.24, 2.45) is 0 Å². The zero-order chi connectivity index (χ0) is 20.8. The van der Waals surface area contributed by atoms with Gasteiger partial charge in [0.2, 0.25) is 10.0 Å². The molecule has 0 spiro atoms. The van der Waals surface area contributed by atoms with Crippen LogP contribution in [0.4, 0.5) is 0 Å². The van der Waals surface area contributed by atoms with Crippen molar-refractivity contribution in [2.45, 2.75) is 37.6 Å². The fraction of sp³-hybridized carbons (Fsp3) is 0.333. The van der Waals surface area contributed by atoms with Crippen molar-refractivity contribution in [3.8, 4) is 0 Å². The number of aromatic amines is 1. The number of hydrogen-bond acceptors (Lipinski definition) is 4. The summed E-state index contributed by atoms with van der Waals surface area (Å²) in [7, 11) is -2.28. The lowest BCUT2D eigenvalue weighted by atomic mass is 10.0. The van der Waals surface area contributed by atoms with Crippen LogP contribution in [0.1, 0.15) is 46.2 Å². The number of rotatable bonds is 4. The Kier molecular flexibility index (Phi) is 4.92. The Balaban J connectivity index is 1.72. The minimum Gasteiger partial charge on any atom is -0.340 e. The minimum absolute atomic E-state index is 0.142.